The smallest absolute Gasteiger partial charge is 0.414 e. The van der Waals surface area contributed by atoms with E-state index in [1.54, 1.807) is 12.1 Å². The van der Waals surface area contributed by atoms with Crippen LogP contribution in [0.1, 0.15) is 31.2 Å². The molecule has 0 bridgehead atoms. The van der Waals surface area contributed by atoms with Crippen LogP contribution in [0.4, 0.5) is 20.0 Å². The van der Waals surface area contributed by atoms with Gasteiger partial charge in [0.15, 0.2) is 5.82 Å². The maximum absolute atomic E-state index is 14.9. The zero-order valence-corrected chi connectivity index (χ0v) is 19.8. The van der Waals surface area contributed by atoms with Gasteiger partial charge >= 0.3 is 6.09 Å². The van der Waals surface area contributed by atoms with Crippen LogP contribution in [0.2, 0.25) is 0 Å². The molecule has 0 unspecified atom stereocenters. The van der Waals surface area contributed by atoms with Crippen molar-refractivity contribution < 1.29 is 18.7 Å². The number of nitrogens with zero attached hydrogens (tertiary/aromatic N) is 3. The van der Waals surface area contributed by atoms with Crippen LogP contribution in [0.5, 0.6) is 0 Å². The highest BCUT2D eigenvalue weighted by Gasteiger charge is 2.32. The quantitative estimate of drug-likeness (QED) is 0.442. The zero-order valence-electron chi connectivity index (χ0n) is 19.0. The lowest BCUT2D eigenvalue weighted by molar-refractivity contribution is -0.117. The molecule has 1 fully saturated rings. The number of ketones is 1. The first kappa shape index (κ1) is 23.8. The number of rotatable bonds is 10. The van der Waals surface area contributed by atoms with E-state index in [4.69, 9.17) is 4.74 Å². The molecule has 10 heteroatoms. The molecule has 2 N–H and O–H groups in total. The first-order valence-corrected chi connectivity index (χ1v) is 11.8. The number of carbonyl (C=O) groups is 2. The van der Waals surface area contributed by atoms with Gasteiger partial charge in [-0.1, -0.05) is 24.3 Å². The minimum Gasteiger partial charge on any atom is -0.444 e. The van der Waals surface area contributed by atoms with Crippen molar-refractivity contribution in [2.45, 2.75) is 39.0 Å². The second kappa shape index (κ2) is 10.7. The Morgan fingerprint density at radius 1 is 1.24 bits per heavy atom. The highest BCUT2D eigenvalue weighted by Crippen LogP contribution is 2.30. The standard InChI is InChI=1S/C24H26FN5O3S/c1-15(31)3-9-19-14-30(24(32)33-19)18-8-10-20(21(25)11-18)17-6-4-16(5-7-17)12-27-13-22-28-23(26-2)34-29-22/h4-8,10-11,19,27H,3,9,12-14H2,1-2H3,(H,26,28,29)/t19-/m0/s1. The van der Waals surface area contributed by atoms with E-state index >= 15 is 0 Å². The minimum atomic E-state index is -0.521. The Morgan fingerprint density at radius 3 is 2.71 bits per heavy atom. The van der Waals surface area contributed by atoms with Crippen molar-refractivity contribution in [2.24, 2.45) is 0 Å². The fraction of sp³-hybridized carbons (Fsp3) is 0.333. The number of hydrogen-bond donors (Lipinski definition) is 2. The molecule has 1 amide bonds. The fourth-order valence-corrected chi connectivity index (χ4v) is 4.24. The van der Waals surface area contributed by atoms with Gasteiger partial charge in [-0.15, -0.1) is 0 Å². The number of halogens is 1. The van der Waals surface area contributed by atoms with E-state index in [0.29, 0.717) is 43.7 Å². The molecule has 1 aromatic heterocycles. The second-order valence-corrected chi connectivity index (χ2v) is 8.84. The van der Waals surface area contributed by atoms with Crippen LogP contribution in [0.3, 0.4) is 0 Å². The van der Waals surface area contributed by atoms with E-state index < -0.39 is 11.9 Å². The molecule has 8 nitrogen and oxygen atoms in total. The molecule has 0 radical (unpaired) electrons. The summed E-state index contributed by atoms with van der Waals surface area (Å²) in [6.45, 7) is 3.01. The average molecular weight is 484 g/mol. The number of hydrogen-bond acceptors (Lipinski definition) is 8. The molecule has 0 spiro atoms. The summed E-state index contributed by atoms with van der Waals surface area (Å²) < 4.78 is 24.5. The number of amides is 1. The Bertz CT molecular complexity index is 1170. The molecule has 3 aromatic rings. The summed E-state index contributed by atoms with van der Waals surface area (Å²) in [4.78, 5) is 29.1. The van der Waals surface area contributed by atoms with E-state index in [2.05, 4.69) is 20.0 Å². The lowest BCUT2D eigenvalue weighted by atomic mass is 10.0. The Hall–Kier alpha value is -3.37. The largest absolute Gasteiger partial charge is 0.444 e. The second-order valence-electron chi connectivity index (χ2n) is 8.09. The average Bonchev–Trinajstić information content (AvgIpc) is 3.44. The number of anilines is 2. The van der Waals surface area contributed by atoms with Crippen molar-refractivity contribution >= 4 is 34.2 Å². The summed E-state index contributed by atoms with van der Waals surface area (Å²) in [5.41, 5.74) is 2.70. The van der Waals surface area contributed by atoms with Gasteiger partial charge in [-0.2, -0.15) is 4.37 Å². The molecule has 1 aliphatic heterocycles. The van der Waals surface area contributed by atoms with Crippen LogP contribution in [0.15, 0.2) is 42.5 Å². The van der Waals surface area contributed by atoms with E-state index in [1.165, 1.54) is 29.4 Å². The van der Waals surface area contributed by atoms with Crippen molar-refractivity contribution in [3.63, 3.8) is 0 Å². The Labute approximate surface area is 201 Å². The van der Waals surface area contributed by atoms with Crippen LogP contribution in [-0.4, -0.2) is 40.9 Å². The molecule has 34 heavy (non-hydrogen) atoms. The van der Waals surface area contributed by atoms with Gasteiger partial charge < -0.3 is 20.2 Å². The summed E-state index contributed by atoms with van der Waals surface area (Å²) in [7, 11) is 1.81. The summed E-state index contributed by atoms with van der Waals surface area (Å²) in [5.74, 6) is 0.366. The molecular weight excluding hydrogens is 457 g/mol. The molecule has 0 aliphatic carbocycles. The summed E-state index contributed by atoms with van der Waals surface area (Å²) in [5, 5.41) is 7.04. The molecule has 1 saturated heterocycles. The number of nitrogens with one attached hydrogen (secondary N) is 2. The summed E-state index contributed by atoms with van der Waals surface area (Å²) >= 11 is 1.32. The normalized spacial score (nSPS) is 15.4. The minimum absolute atomic E-state index is 0.0475. The number of carbonyl (C=O) groups excluding carboxylic acids is 2. The highest BCUT2D eigenvalue weighted by molar-refractivity contribution is 7.09. The molecule has 4 rings (SSSR count). The third-order valence-electron chi connectivity index (χ3n) is 5.52. The Morgan fingerprint density at radius 2 is 2.03 bits per heavy atom. The van der Waals surface area contributed by atoms with E-state index in [9.17, 15) is 14.0 Å². The first-order valence-electron chi connectivity index (χ1n) is 11.0. The SMILES string of the molecule is CNc1nc(CNCc2ccc(-c3ccc(N4C[C@H](CCC(C)=O)OC4=O)cc3F)cc2)ns1. The van der Waals surface area contributed by atoms with Gasteiger partial charge in [0.1, 0.15) is 17.7 Å². The molecule has 1 atom stereocenters. The van der Waals surface area contributed by atoms with Crippen molar-refractivity contribution in [3.8, 4) is 11.1 Å². The van der Waals surface area contributed by atoms with Crippen molar-refractivity contribution in [3.05, 3.63) is 59.7 Å². The van der Waals surface area contributed by atoms with Crippen LogP contribution >= 0.6 is 11.5 Å². The van der Waals surface area contributed by atoms with Crippen molar-refractivity contribution in [1.29, 1.82) is 0 Å². The van der Waals surface area contributed by atoms with Gasteiger partial charge in [-0.05, 0) is 42.7 Å². The first-order chi connectivity index (χ1) is 16.4. The highest BCUT2D eigenvalue weighted by atomic mass is 32.1. The number of aromatic nitrogens is 2. The molecule has 0 saturated carbocycles. The predicted molar refractivity (Wildman–Crippen MR) is 129 cm³/mol. The molecular formula is C24H26FN5O3S. The third-order valence-corrected chi connectivity index (χ3v) is 6.29. The van der Waals surface area contributed by atoms with Gasteiger partial charge in [0.25, 0.3) is 0 Å². The maximum Gasteiger partial charge on any atom is 0.414 e. The number of ether oxygens (including phenoxy) is 1. The third kappa shape index (κ3) is 5.75. The predicted octanol–water partition coefficient (Wildman–Crippen LogP) is 4.37. The lowest BCUT2D eigenvalue weighted by Gasteiger charge is -2.14. The van der Waals surface area contributed by atoms with Crippen LogP contribution in [0.25, 0.3) is 11.1 Å². The van der Waals surface area contributed by atoms with Gasteiger partial charge in [-0.25, -0.2) is 14.2 Å². The van der Waals surface area contributed by atoms with Crippen LogP contribution in [-0.2, 0) is 22.6 Å². The van der Waals surface area contributed by atoms with Gasteiger partial charge in [-0.3, -0.25) is 4.90 Å². The van der Waals surface area contributed by atoms with E-state index in [1.807, 2.05) is 31.3 Å². The zero-order chi connectivity index (χ0) is 24.1. The number of cyclic esters (lactones) is 1. The van der Waals surface area contributed by atoms with Crippen molar-refractivity contribution in [2.75, 3.05) is 23.8 Å². The van der Waals surface area contributed by atoms with Crippen LogP contribution < -0.4 is 15.5 Å². The Kier molecular flexibility index (Phi) is 7.49. The Balaban J connectivity index is 1.36. The fourth-order valence-electron chi connectivity index (χ4n) is 3.70. The summed E-state index contributed by atoms with van der Waals surface area (Å²) in [6, 6.07) is 12.4. The van der Waals surface area contributed by atoms with Crippen molar-refractivity contribution in [1.82, 2.24) is 14.7 Å². The number of Topliss-reactive ketones (excluding diaryl/α,β-unsaturated/α-hetero) is 1. The topological polar surface area (TPSA) is 96.5 Å². The molecule has 2 heterocycles. The van der Waals surface area contributed by atoms with Gasteiger partial charge in [0.05, 0.1) is 18.8 Å². The van der Waals surface area contributed by atoms with Crippen LogP contribution in [0, 0.1) is 5.82 Å². The summed E-state index contributed by atoms with van der Waals surface area (Å²) in [6.07, 6.45) is -0.0650. The maximum atomic E-state index is 14.9. The molecule has 178 valence electrons. The molecule has 1 aliphatic rings. The lowest BCUT2D eigenvalue weighted by Crippen LogP contribution is -2.24. The van der Waals surface area contributed by atoms with E-state index in [-0.39, 0.29) is 11.9 Å². The number of benzene rings is 2. The molecule has 2 aromatic carbocycles. The van der Waals surface area contributed by atoms with Gasteiger partial charge in [0.2, 0.25) is 5.13 Å². The van der Waals surface area contributed by atoms with E-state index in [0.717, 1.165) is 22.1 Å². The van der Waals surface area contributed by atoms with Gasteiger partial charge in [0, 0.05) is 37.1 Å². The monoisotopic (exact) mass is 483 g/mol.